The monoisotopic (exact) mass is 391 g/mol. The molecule has 0 unspecified atom stereocenters. The van der Waals surface area contributed by atoms with Gasteiger partial charge in [-0.1, -0.05) is 6.07 Å². The molecule has 2 aromatic rings. The molecule has 0 amide bonds. The zero-order valence-corrected chi connectivity index (χ0v) is 15.7. The van der Waals surface area contributed by atoms with Crippen molar-refractivity contribution < 1.29 is 18.1 Å². The molecular formula is C18H21N3O5S. The van der Waals surface area contributed by atoms with E-state index in [-0.39, 0.29) is 17.1 Å². The Morgan fingerprint density at radius 1 is 1.19 bits per heavy atom. The van der Waals surface area contributed by atoms with E-state index in [9.17, 15) is 18.5 Å². The number of ether oxygens (including phenoxy) is 1. The number of benzene rings is 2. The van der Waals surface area contributed by atoms with Crippen LogP contribution in [0.5, 0.6) is 5.75 Å². The van der Waals surface area contributed by atoms with Crippen molar-refractivity contribution in [2.24, 2.45) is 0 Å². The second-order valence-corrected chi connectivity index (χ2v) is 8.18. The van der Waals surface area contributed by atoms with Crippen molar-refractivity contribution in [3.05, 3.63) is 58.1 Å². The second-order valence-electron chi connectivity index (χ2n) is 6.25. The Labute approximate surface area is 158 Å². The van der Waals surface area contributed by atoms with Crippen LogP contribution in [0.25, 0.3) is 0 Å². The maximum atomic E-state index is 12.7. The van der Waals surface area contributed by atoms with Gasteiger partial charge in [0.25, 0.3) is 5.69 Å². The van der Waals surface area contributed by atoms with Crippen LogP contribution >= 0.6 is 0 Å². The SMILES string of the molecule is COc1ccc([N+](=O)[O-])cc1CNc1cccc(S(=O)(=O)N2CCCC2)c1. The highest BCUT2D eigenvalue weighted by Crippen LogP contribution is 2.26. The van der Waals surface area contributed by atoms with Gasteiger partial charge in [-0.25, -0.2) is 8.42 Å². The standard InChI is InChI=1S/C18H21N3O5S/c1-26-18-8-7-16(21(22)23)11-14(18)13-19-15-5-4-6-17(12-15)27(24,25)20-9-2-3-10-20/h4-8,11-12,19H,2-3,9-10,13H2,1H3. The number of anilines is 1. The lowest BCUT2D eigenvalue weighted by Gasteiger charge is -2.16. The molecule has 0 aromatic heterocycles. The number of nitro benzene ring substituents is 1. The predicted octanol–water partition coefficient (Wildman–Crippen LogP) is 3.00. The predicted molar refractivity (Wildman–Crippen MR) is 101 cm³/mol. The lowest BCUT2D eigenvalue weighted by atomic mass is 10.1. The number of nitro groups is 1. The number of methoxy groups -OCH3 is 1. The Morgan fingerprint density at radius 3 is 2.59 bits per heavy atom. The van der Waals surface area contributed by atoms with Crippen molar-refractivity contribution >= 4 is 21.4 Å². The Kier molecular flexibility index (Phi) is 5.62. The van der Waals surface area contributed by atoms with Gasteiger partial charge in [-0.3, -0.25) is 10.1 Å². The average Bonchev–Trinajstić information content (AvgIpc) is 3.22. The molecular weight excluding hydrogens is 370 g/mol. The first-order valence-electron chi connectivity index (χ1n) is 8.57. The Balaban J connectivity index is 1.79. The minimum Gasteiger partial charge on any atom is -0.496 e. The van der Waals surface area contributed by atoms with E-state index >= 15 is 0 Å². The number of sulfonamides is 1. The molecule has 1 saturated heterocycles. The molecule has 1 N–H and O–H groups in total. The van der Waals surface area contributed by atoms with Crippen LogP contribution in [0.1, 0.15) is 18.4 Å². The normalized spacial score (nSPS) is 14.9. The molecule has 1 aliphatic heterocycles. The van der Waals surface area contributed by atoms with Crippen LogP contribution in [-0.2, 0) is 16.6 Å². The molecule has 144 valence electrons. The Bertz CT molecular complexity index is 940. The molecule has 0 bridgehead atoms. The highest BCUT2D eigenvalue weighted by atomic mass is 32.2. The molecule has 0 spiro atoms. The van der Waals surface area contributed by atoms with E-state index < -0.39 is 14.9 Å². The van der Waals surface area contributed by atoms with Gasteiger partial charge in [0, 0.05) is 43.0 Å². The molecule has 1 fully saturated rings. The van der Waals surface area contributed by atoms with Crippen LogP contribution in [-0.4, -0.2) is 37.8 Å². The highest BCUT2D eigenvalue weighted by molar-refractivity contribution is 7.89. The fourth-order valence-corrected chi connectivity index (χ4v) is 4.62. The number of non-ortho nitro benzene ring substituents is 1. The smallest absolute Gasteiger partial charge is 0.270 e. The molecule has 2 aromatic carbocycles. The van der Waals surface area contributed by atoms with E-state index in [0.717, 1.165) is 12.8 Å². The topological polar surface area (TPSA) is 102 Å². The van der Waals surface area contributed by atoms with Crippen molar-refractivity contribution in [2.45, 2.75) is 24.3 Å². The molecule has 0 atom stereocenters. The van der Waals surface area contributed by atoms with Gasteiger partial charge in [0.15, 0.2) is 0 Å². The summed E-state index contributed by atoms with van der Waals surface area (Å²) in [6.07, 6.45) is 1.76. The summed E-state index contributed by atoms with van der Waals surface area (Å²) in [7, 11) is -2.00. The van der Waals surface area contributed by atoms with E-state index in [2.05, 4.69) is 5.32 Å². The minimum atomic E-state index is -3.50. The summed E-state index contributed by atoms with van der Waals surface area (Å²) in [5.41, 5.74) is 1.20. The first-order valence-corrected chi connectivity index (χ1v) is 10.0. The molecule has 0 aliphatic carbocycles. The summed E-state index contributed by atoms with van der Waals surface area (Å²) in [4.78, 5) is 10.8. The van der Waals surface area contributed by atoms with Crippen molar-refractivity contribution in [3.8, 4) is 5.75 Å². The summed E-state index contributed by atoms with van der Waals surface area (Å²) in [5, 5.41) is 14.1. The van der Waals surface area contributed by atoms with E-state index in [1.54, 1.807) is 30.3 Å². The fraction of sp³-hybridized carbons (Fsp3) is 0.333. The number of nitrogens with zero attached hydrogens (tertiary/aromatic N) is 2. The third-order valence-corrected chi connectivity index (χ3v) is 6.39. The third-order valence-electron chi connectivity index (χ3n) is 4.49. The minimum absolute atomic E-state index is 0.0297. The first kappa shape index (κ1) is 19.1. The van der Waals surface area contributed by atoms with Crippen LogP contribution in [0, 0.1) is 10.1 Å². The summed E-state index contributed by atoms with van der Waals surface area (Å²) < 4.78 is 32.1. The van der Waals surface area contributed by atoms with E-state index in [0.29, 0.717) is 30.1 Å². The molecule has 0 radical (unpaired) electrons. The molecule has 1 heterocycles. The van der Waals surface area contributed by atoms with Crippen LogP contribution in [0.3, 0.4) is 0 Å². The summed E-state index contributed by atoms with van der Waals surface area (Å²) in [6.45, 7) is 1.35. The van der Waals surface area contributed by atoms with Crippen LogP contribution in [0.2, 0.25) is 0 Å². The summed E-state index contributed by atoms with van der Waals surface area (Å²) >= 11 is 0. The van der Waals surface area contributed by atoms with Crippen LogP contribution in [0.4, 0.5) is 11.4 Å². The van der Waals surface area contributed by atoms with E-state index in [1.165, 1.54) is 23.5 Å². The first-order chi connectivity index (χ1) is 12.9. The molecule has 1 aliphatic rings. The summed E-state index contributed by atoms with van der Waals surface area (Å²) in [5.74, 6) is 0.522. The highest BCUT2D eigenvalue weighted by Gasteiger charge is 2.27. The van der Waals surface area contributed by atoms with Gasteiger partial charge in [0.2, 0.25) is 10.0 Å². The van der Waals surface area contributed by atoms with Crippen LogP contribution < -0.4 is 10.1 Å². The van der Waals surface area contributed by atoms with Crippen molar-refractivity contribution in [2.75, 3.05) is 25.5 Å². The number of nitrogens with one attached hydrogen (secondary N) is 1. The fourth-order valence-electron chi connectivity index (χ4n) is 3.06. The largest absolute Gasteiger partial charge is 0.496 e. The number of rotatable bonds is 7. The molecule has 9 heteroatoms. The Hall–Kier alpha value is -2.65. The quantitative estimate of drug-likeness (QED) is 0.575. The molecule has 27 heavy (non-hydrogen) atoms. The van der Waals surface area contributed by atoms with Gasteiger partial charge < -0.3 is 10.1 Å². The summed E-state index contributed by atoms with van der Waals surface area (Å²) in [6, 6.07) is 11.0. The number of hydrogen-bond donors (Lipinski definition) is 1. The second kappa shape index (κ2) is 7.93. The molecule has 3 rings (SSSR count). The van der Waals surface area contributed by atoms with Crippen LogP contribution in [0.15, 0.2) is 47.4 Å². The van der Waals surface area contributed by atoms with E-state index in [4.69, 9.17) is 4.74 Å². The zero-order valence-electron chi connectivity index (χ0n) is 14.9. The maximum Gasteiger partial charge on any atom is 0.270 e. The zero-order chi connectivity index (χ0) is 19.4. The average molecular weight is 391 g/mol. The maximum absolute atomic E-state index is 12.7. The van der Waals surface area contributed by atoms with Gasteiger partial charge >= 0.3 is 0 Å². The van der Waals surface area contributed by atoms with Gasteiger partial charge in [-0.05, 0) is 37.1 Å². The lowest BCUT2D eigenvalue weighted by Crippen LogP contribution is -2.27. The van der Waals surface area contributed by atoms with Gasteiger partial charge in [-0.2, -0.15) is 4.31 Å². The van der Waals surface area contributed by atoms with E-state index in [1.807, 2.05) is 0 Å². The van der Waals surface area contributed by atoms with Gasteiger partial charge in [0.1, 0.15) is 5.75 Å². The van der Waals surface area contributed by atoms with Gasteiger partial charge in [0.05, 0.1) is 16.9 Å². The lowest BCUT2D eigenvalue weighted by molar-refractivity contribution is -0.384. The van der Waals surface area contributed by atoms with Crippen molar-refractivity contribution in [1.29, 1.82) is 0 Å². The third kappa shape index (κ3) is 4.20. The molecule has 8 nitrogen and oxygen atoms in total. The number of hydrogen-bond acceptors (Lipinski definition) is 6. The van der Waals surface area contributed by atoms with Gasteiger partial charge in [-0.15, -0.1) is 0 Å². The Morgan fingerprint density at radius 2 is 1.93 bits per heavy atom. The van der Waals surface area contributed by atoms with Crippen molar-refractivity contribution in [1.82, 2.24) is 4.31 Å². The van der Waals surface area contributed by atoms with Crippen molar-refractivity contribution in [3.63, 3.8) is 0 Å². The molecule has 0 saturated carbocycles.